The first-order chi connectivity index (χ1) is 13.0. The molecule has 0 amide bonds. The number of fused-ring (bicyclic) bond motifs is 1. The number of hydrogen-bond donors (Lipinski definition) is 0. The number of rotatable bonds is 2. The van der Waals surface area contributed by atoms with Crippen LogP contribution < -0.4 is 5.56 Å². The lowest BCUT2D eigenvalue weighted by Gasteiger charge is -2.13. The second-order valence-electron chi connectivity index (χ2n) is 6.00. The van der Waals surface area contributed by atoms with Crippen LogP contribution in [0.3, 0.4) is 0 Å². The van der Waals surface area contributed by atoms with E-state index >= 15 is 0 Å². The molecule has 27 heavy (non-hydrogen) atoms. The van der Waals surface area contributed by atoms with E-state index in [1.807, 2.05) is 0 Å². The Hall–Kier alpha value is -3.48. The third kappa shape index (κ3) is 2.77. The lowest BCUT2D eigenvalue weighted by Crippen LogP contribution is -2.21. The van der Waals surface area contributed by atoms with Gasteiger partial charge in [0.1, 0.15) is 29.5 Å². The first-order valence-electron chi connectivity index (χ1n) is 8.05. The largest absolute Gasteiger partial charge is 0.269 e. The van der Waals surface area contributed by atoms with Crippen LogP contribution in [-0.4, -0.2) is 14.5 Å². The quantitative estimate of drug-likeness (QED) is 0.534. The lowest BCUT2D eigenvalue weighted by molar-refractivity contribution is 0.568. The van der Waals surface area contributed by atoms with Crippen LogP contribution in [0, 0.1) is 24.4 Å². The maximum Gasteiger partial charge on any atom is 0.256 e. The van der Waals surface area contributed by atoms with Crippen LogP contribution in [0.15, 0.2) is 59.7 Å². The van der Waals surface area contributed by atoms with E-state index in [1.54, 1.807) is 13.0 Å². The summed E-state index contributed by atoms with van der Waals surface area (Å²) in [4.78, 5) is 20.7. The topological polar surface area (TPSA) is 47.8 Å². The van der Waals surface area contributed by atoms with E-state index in [0.717, 1.165) is 16.7 Å². The Balaban J connectivity index is 2.09. The average molecular weight is 367 g/mol. The number of aryl methyl sites for hydroxylation is 1. The second-order valence-corrected chi connectivity index (χ2v) is 6.00. The number of benzene rings is 2. The van der Waals surface area contributed by atoms with Crippen LogP contribution in [-0.2, 0) is 0 Å². The van der Waals surface area contributed by atoms with Gasteiger partial charge in [-0.2, -0.15) is 0 Å². The molecule has 0 saturated carbocycles. The molecule has 4 nitrogen and oxygen atoms in total. The van der Waals surface area contributed by atoms with Crippen LogP contribution in [0.25, 0.3) is 28.0 Å². The summed E-state index contributed by atoms with van der Waals surface area (Å²) in [7, 11) is 0. The molecule has 4 rings (SSSR count). The van der Waals surface area contributed by atoms with E-state index in [4.69, 9.17) is 0 Å². The highest BCUT2D eigenvalue weighted by molar-refractivity contribution is 5.91. The molecule has 0 spiro atoms. The van der Waals surface area contributed by atoms with Gasteiger partial charge >= 0.3 is 0 Å². The smallest absolute Gasteiger partial charge is 0.256 e. The zero-order valence-electron chi connectivity index (χ0n) is 14.1. The van der Waals surface area contributed by atoms with Crippen molar-refractivity contribution in [2.45, 2.75) is 6.92 Å². The monoisotopic (exact) mass is 367 g/mol. The Kier molecular flexibility index (Phi) is 3.99. The number of halogens is 3. The van der Waals surface area contributed by atoms with Crippen LogP contribution in [0.4, 0.5) is 13.2 Å². The molecule has 0 saturated heterocycles. The van der Waals surface area contributed by atoms with Crippen molar-refractivity contribution in [3.63, 3.8) is 0 Å². The van der Waals surface area contributed by atoms with E-state index in [9.17, 15) is 18.0 Å². The minimum Gasteiger partial charge on any atom is -0.269 e. The molecular weight excluding hydrogens is 355 g/mol. The summed E-state index contributed by atoms with van der Waals surface area (Å²) in [6.45, 7) is 1.72. The standard InChI is InChI=1S/C20H12F3N3O/c1-11-9-12(21)5-6-13(11)18-14-7-8-17(27)26(20(14)25-10-24-18)19-15(22)3-2-4-16(19)23/h2-10H,1H3. The zero-order chi connectivity index (χ0) is 19.1. The van der Waals surface area contributed by atoms with E-state index in [2.05, 4.69) is 9.97 Å². The van der Waals surface area contributed by atoms with Gasteiger partial charge in [-0.3, -0.25) is 9.36 Å². The number of para-hydroxylation sites is 1. The van der Waals surface area contributed by atoms with Gasteiger partial charge < -0.3 is 0 Å². The predicted octanol–water partition coefficient (Wildman–Crippen LogP) is 4.17. The van der Waals surface area contributed by atoms with Gasteiger partial charge in [0.15, 0.2) is 5.65 Å². The SMILES string of the molecule is Cc1cc(F)ccc1-c1ncnc2c1ccc(=O)n2-c1c(F)cccc1F. The maximum absolute atomic E-state index is 14.3. The third-order valence-electron chi connectivity index (χ3n) is 4.29. The van der Waals surface area contributed by atoms with E-state index in [-0.39, 0.29) is 11.5 Å². The van der Waals surface area contributed by atoms with Crippen LogP contribution >= 0.6 is 0 Å². The van der Waals surface area contributed by atoms with Crippen molar-refractivity contribution in [3.05, 3.63) is 88.2 Å². The van der Waals surface area contributed by atoms with E-state index in [1.165, 1.54) is 36.7 Å². The molecular formula is C20H12F3N3O. The van der Waals surface area contributed by atoms with E-state index < -0.39 is 22.9 Å². The molecule has 0 N–H and O–H groups in total. The Morgan fingerprint density at radius 3 is 2.37 bits per heavy atom. The first kappa shape index (κ1) is 17.0. The van der Waals surface area contributed by atoms with E-state index in [0.29, 0.717) is 22.2 Å². The highest BCUT2D eigenvalue weighted by Crippen LogP contribution is 2.29. The summed E-state index contributed by atoms with van der Waals surface area (Å²) < 4.78 is 42.9. The van der Waals surface area contributed by atoms with Crippen molar-refractivity contribution in [2.75, 3.05) is 0 Å². The summed E-state index contributed by atoms with van der Waals surface area (Å²) in [5.74, 6) is -2.16. The predicted molar refractivity (Wildman–Crippen MR) is 95.2 cm³/mol. The fourth-order valence-electron chi connectivity index (χ4n) is 3.08. The zero-order valence-corrected chi connectivity index (χ0v) is 14.1. The normalized spacial score (nSPS) is 11.1. The molecule has 2 aromatic heterocycles. The number of nitrogens with zero attached hydrogens (tertiary/aromatic N) is 3. The molecule has 2 heterocycles. The van der Waals surface area contributed by atoms with Crippen molar-refractivity contribution < 1.29 is 13.2 Å². The molecule has 0 unspecified atom stereocenters. The fourth-order valence-corrected chi connectivity index (χ4v) is 3.08. The summed E-state index contributed by atoms with van der Waals surface area (Å²) in [5, 5.41) is 0.412. The molecule has 7 heteroatoms. The number of hydrogen-bond acceptors (Lipinski definition) is 3. The summed E-state index contributed by atoms with van der Waals surface area (Å²) in [6, 6.07) is 10.2. The molecule has 0 aliphatic carbocycles. The number of aromatic nitrogens is 3. The highest BCUT2D eigenvalue weighted by atomic mass is 19.1. The number of pyridine rings is 1. The first-order valence-corrected chi connectivity index (χ1v) is 8.05. The second kappa shape index (κ2) is 6.35. The minimum absolute atomic E-state index is 0.0558. The summed E-state index contributed by atoms with van der Waals surface area (Å²) in [5.41, 5.74) is 0.608. The van der Waals surface area contributed by atoms with Crippen LogP contribution in [0.1, 0.15) is 5.56 Å². The maximum atomic E-state index is 14.3. The average Bonchev–Trinajstić information content (AvgIpc) is 2.63. The van der Waals surface area contributed by atoms with Gasteiger partial charge in [-0.1, -0.05) is 6.07 Å². The molecule has 0 bridgehead atoms. The van der Waals surface area contributed by atoms with Crippen molar-refractivity contribution in [1.82, 2.24) is 14.5 Å². The molecule has 0 aliphatic rings. The van der Waals surface area contributed by atoms with Gasteiger partial charge in [0.25, 0.3) is 5.56 Å². The van der Waals surface area contributed by atoms with Crippen LogP contribution in [0.5, 0.6) is 0 Å². The third-order valence-corrected chi connectivity index (χ3v) is 4.29. The molecule has 0 radical (unpaired) electrons. The van der Waals surface area contributed by atoms with Crippen molar-refractivity contribution in [2.24, 2.45) is 0 Å². The van der Waals surface area contributed by atoms with Crippen molar-refractivity contribution >= 4 is 11.0 Å². The Morgan fingerprint density at radius 2 is 1.67 bits per heavy atom. The molecule has 0 aliphatic heterocycles. The Bertz CT molecular complexity index is 1230. The fraction of sp³-hybridized carbons (Fsp3) is 0.0500. The molecule has 134 valence electrons. The Morgan fingerprint density at radius 1 is 0.926 bits per heavy atom. The molecule has 2 aromatic carbocycles. The summed E-state index contributed by atoms with van der Waals surface area (Å²) in [6.07, 6.45) is 1.20. The van der Waals surface area contributed by atoms with Gasteiger partial charge in [-0.05, 0) is 48.9 Å². The van der Waals surface area contributed by atoms with Gasteiger partial charge in [0, 0.05) is 17.0 Å². The van der Waals surface area contributed by atoms with Gasteiger partial charge in [0.2, 0.25) is 0 Å². The molecule has 0 atom stereocenters. The van der Waals surface area contributed by atoms with Crippen LogP contribution in [0.2, 0.25) is 0 Å². The highest BCUT2D eigenvalue weighted by Gasteiger charge is 2.18. The minimum atomic E-state index is -0.886. The molecule has 4 aromatic rings. The van der Waals surface area contributed by atoms with Gasteiger partial charge in [-0.15, -0.1) is 0 Å². The summed E-state index contributed by atoms with van der Waals surface area (Å²) >= 11 is 0. The lowest BCUT2D eigenvalue weighted by atomic mass is 10.0. The Labute approximate surface area is 151 Å². The molecule has 0 fully saturated rings. The van der Waals surface area contributed by atoms with Gasteiger partial charge in [-0.25, -0.2) is 23.1 Å². The van der Waals surface area contributed by atoms with Gasteiger partial charge in [0.05, 0.1) is 5.69 Å². The van der Waals surface area contributed by atoms with Crippen molar-refractivity contribution in [1.29, 1.82) is 0 Å². The van der Waals surface area contributed by atoms with Crippen molar-refractivity contribution in [3.8, 4) is 16.9 Å².